The highest BCUT2D eigenvalue weighted by molar-refractivity contribution is 9.09. The maximum Gasteiger partial charge on any atom is 0.0299 e. The van der Waals surface area contributed by atoms with Crippen molar-refractivity contribution in [2.75, 3.05) is 13.1 Å². The van der Waals surface area contributed by atoms with Crippen LogP contribution in [-0.4, -0.2) is 22.8 Å². The van der Waals surface area contributed by atoms with Gasteiger partial charge in [-0.05, 0) is 24.4 Å². The number of likely N-dealkylation sites (tertiary alicyclic amines) is 1. The molecule has 0 amide bonds. The minimum absolute atomic E-state index is 0.662. The zero-order valence-electron chi connectivity index (χ0n) is 9.20. The maximum atomic E-state index is 3.77. The van der Waals surface area contributed by atoms with Gasteiger partial charge in [-0.2, -0.15) is 0 Å². The lowest BCUT2D eigenvalue weighted by Gasteiger charge is -2.34. The van der Waals surface area contributed by atoms with Crippen molar-refractivity contribution in [2.45, 2.75) is 24.7 Å². The minimum atomic E-state index is 0.662. The van der Waals surface area contributed by atoms with Crippen LogP contribution < -0.4 is 0 Å². The van der Waals surface area contributed by atoms with Gasteiger partial charge in [0.25, 0.3) is 0 Å². The summed E-state index contributed by atoms with van der Waals surface area (Å²) in [5.41, 5.74) is 1.42. The van der Waals surface area contributed by atoms with Gasteiger partial charge >= 0.3 is 0 Å². The summed E-state index contributed by atoms with van der Waals surface area (Å²) in [6, 6.07) is 10.7. The van der Waals surface area contributed by atoms with E-state index in [-0.39, 0.29) is 0 Å². The molecule has 1 heterocycles. The lowest BCUT2D eigenvalue weighted by atomic mass is 9.98. The molecule has 1 saturated heterocycles. The van der Waals surface area contributed by atoms with E-state index in [0.717, 1.165) is 12.5 Å². The van der Waals surface area contributed by atoms with Crippen molar-refractivity contribution >= 4 is 15.9 Å². The van der Waals surface area contributed by atoms with Crippen molar-refractivity contribution in [3.63, 3.8) is 0 Å². The fourth-order valence-corrected chi connectivity index (χ4v) is 2.74. The summed E-state index contributed by atoms with van der Waals surface area (Å²) >= 11 is 3.77. The van der Waals surface area contributed by atoms with E-state index in [9.17, 15) is 0 Å². The second-order valence-corrected chi connectivity index (χ2v) is 5.68. The van der Waals surface area contributed by atoms with Crippen LogP contribution in [0.5, 0.6) is 0 Å². The van der Waals surface area contributed by atoms with Gasteiger partial charge in [0.2, 0.25) is 0 Å². The molecule has 2 heteroatoms. The van der Waals surface area contributed by atoms with E-state index in [2.05, 4.69) is 58.1 Å². The lowest BCUT2D eigenvalue weighted by molar-refractivity contribution is 0.194. The van der Waals surface area contributed by atoms with Crippen LogP contribution in [0.3, 0.4) is 0 Å². The number of nitrogens with zero attached hydrogens (tertiary/aromatic N) is 1. The Kier molecular flexibility index (Phi) is 3.81. The SMILES string of the molecule is C[C@H]1CCN(Cc2ccccc2)C[C@H]1Br. The number of benzene rings is 1. The molecule has 0 spiro atoms. The number of rotatable bonds is 2. The van der Waals surface area contributed by atoms with Gasteiger partial charge in [-0.3, -0.25) is 4.90 Å². The second kappa shape index (κ2) is 5.13. The van der Waals surface area contributed by atoms with E-state index >= 15 is 0 Å². The zero-order chi connectivity index (χ0) is 10.7. The molecule has 1 aliphatic heterocycles. The monoisotopic (exact) mass is 267 g/mol. The van der Waals surface area contributed by atoms with Crippen LogP contribution >= 0.6 is 15.9 Å². The average molecular weight is 268 g/mol. The summed E-state index contributed by atoms with van der Waals surface area (Å²) in [5, 5.41) is 0. The Balaban J connectivity index is 1.91. The van der Waals surface area contributed by atoms with Crippen LogP contribution in [0.1, 0.15) is 18.9 Å². The molecule has 1 aromatic rings. The van der Waals surface area contributed by atoms with Crippen LogP contribution in [0, 0.1) is 5.92 Å². The van der Waals surface area contributed by atoms with Crippen molar-refractivity contribution in [3.05, 3.63) is 35.9 Å². The molecule has 2 atom stereocenters. The van der Waals surface area contributed by atoms with E-state index in [4.69, 9.17) is 0 Å². The molecular weight excluding hydrogens is 250 g/mol. The molecule has 0 saturated carbocycles. The molecular formula is C13H18BrN. The van der Waals surface area contributed by atoms with Crippen molar-refractivity contribution in [2.24, 2.45) is 5.92 Å². The van der Waals surface area contributed by atoms with Crippen LogP contribution in [0.15, 0.2) is 30.3 Å². The van der Waals surface area contributed by atoms with Crippen LogP contribution in [-0.2, 0) is 6.54 Å². The first kappa shape index (κ1) is 11.2. The Labute approximate surface area is 101 Å². The van der Waals surface area contributed by atoms with Crippen molar-refractivity contribution in [1.82, 2.24) is 4.90 Å². The van der Waals surface area contributed by atoms with Gasteiger partial charge in [-0.15, -0.1) is 0 Å². The van der Waals surface area contributed by atoms with E-state index in [0.29, 0.717) is 4.83 Å². The quantitative estimate of drug-likeness (QED) is 0.744. The molecule has 1 aromatic carbocycles. The highest BCUT2D eigenvalue weighted by Gasteiger charge is 2.23. The van der Waals surface area contributed by atoms with E-state index in [1.807, 2.05) is 0 Å². The van der Waals surface area contributed by atoms with Gasteiger partial charge in [-0.25, -0.2) is 0 Å². The summed E-state index contributed by atoms with van der Waals surface area (Å²) in [7, 11) is 0. The molecule has 1 fully saturated rings. The van der Waals surface area contributed by atoms with Crippen molar-refractivity contribution in [3.8, 4) is 0 Å². The third-order valence-corrected chi connectivity index (χ3v) is 4.39. The van der Waals surface area contributed by atoms with Gasteiger partial charge in [0, 0.05) is 17.9 Å². The van der Waals surface area contributed by atoms with Crippen LogP contribution in [0.2, 0.25) is 0 Å². The Morgan fingerprint density at radius 1 is 1.33 bits per heavy atom. The highest BCUT2D eigenvalue weighted by atomic mass is 79.9. The summed E-state index contributed by atoms with van der Waals surface area (Å²) in [6.07, 6.45) is 1.31. The molecule has 0 radical (unpaired) electrons. The molecule has 0 aliphatic carbocycles. The summed E-state index contributed by atoms with van der Waals surface area (Å²) < 4.78 is 0. The molecule has 0 unspecified atom stereocenters. The second-order valence-electron chi connectivity index (χ2n) is 4.50. The molecule has 2 rings (SSSR count). The third kappa shape index (κ3) is 3.05. The van der Waals surface area contributed by atoms with Gasteiger partial charge < -0.3 is 0 Å². The Morgan fingerprint density at radius 3 is 2.73 bits per heavy atom. The van der Waals surface area contributed by atoms with Crippen molar-refractivity contribution < 1.29 is 0 Å². The van der Waals surface area contributed by atoms with E-state index < -0.39 is 0 Å². The number of hydrogen-bond donors (Lipinski definition) is 0. The molecule has 82 valence electrons. The average Bonchev–Trinajstić information content (AvgIpc) is 2.25. The molecule has 0 bridgehead atoms. The topological polar surface area (TPSA) is 3.24 Å². The Bertz CT molecular complexity index is 299. The van der Waals surface area contributed by atoms with Crippen LogP contribution in [0.4, 0.5) is 0 Å². The first-order valence-electron chi connectivity index (χ1n) is 5.66. The third-order valence-electron chi connectivity index (χ3n) is 3.20. The first-order valence-corrected chi connectivity index (χ1v) is 6.57. The predicted molar refractivity (Wildman–Crippen MR) is 68.2 cm³/mol. The van der Waals surface area contributed by atoms with Gasteiger partial charge in [0.15, 0.2) is 0 Å². The summed E-state index contributed by atoms with van der Waals surface area (Å²) in [4.78, 5) is 3.20. The fraction of sp³-hybridized carbons (Fsp3) is 0.538. The number of alkyl halides is 1. The number of piperidine rings is 1. The van der Waals surface area contributed by atoms with Gasteiger partial charge in [0.05, 0.1) is 0 Å². The molecule has 1 aliphatic rings. The Hall–Kier alpha value is -0.340. The van der Waals surface area contributed by atoms with Gasteiger partial charge in [-0.1, -0.05) is 53.2 Å². The van der Waals surface area contributed by atoms with E-state index in [1.165, 1.54) is 25.1 Å². The fourth-order valence-electron chi connectivity index (χ4n) is 2.07. The summed E-state index contributed by atoms with van der Waals surface area (Å²) in [5.74, 6) is 0.817. The predicted octanol–water partition coefficient (Wildman–Crippen LogP) is 3.29. The zero-order valence-corrected chi connectivity index (χ0v) is 10.8. The largest absolute Gasteiger partial charge is 0.298 e. The lowest BCUT2D eigenvalue weighted by Crippen LogP contribution is -2.39. The number of halogens is 1. The maximum absolute atomic E-state index is 3.77. The smallest absolute Gasteiger partial charge is 0.0299 e. The summed E-state index contributed by atoms with van der Waals surface area (Å²) in [6.45, 7) is 5.84. The molecule has 0 aromatic heterocycles. The first-order chi connectivity index (χ1) is 7.25. The minimum Gasteiger partial charge on any atom is -0.298 e. The Morgan fingerprint density at radius 2 is 2.07 bits per heavy atom. The normalized spacial score (nSPS) is 27.9. The molecule has 0 N–H and O–H groups in total. The molecule has 1 nitrogen and oxygen atoms in total. The number of hydrogen-bond acceptors (Lipinski definition) is 1. The van der Waals surface area contributed by atoms with E-state index in [1.54, 1.807) is 0 Å². The van der Waals surface area contributed by atoms with Gasteiger partial charge in [0.1, 0.15) is 0 Å². The standard InChI is InChI=1S/C13H18BrN/c1-11-7-8-15(10-13(11)14)9-12-5-3-2-4-6-12/h2-6,11,13H,7-10H2,1H3/t11-,13+/m0/s1. The van der Waals surface area contributed by atoms with Crippen LogP contribution in [0.25, 0.3) is 0 Å². The molecule has 15 heavy (non-hydrogen) atoms. The van der Waals surface area contributed by atoms with Crippen molar-refractivity contribution in [1.29, 1.82) is 0 Å². The highest BCUT2D eigenvalue weighted by Crippen LogP contribution is 2.24.